The maximum absolute atomic E-state index is 11.1. The van der Waals surface area contributed by atoms with Crippen LogP contribution in [0.15, 0.2) is 12.7 Å². The van der Waals surface area contributed by atoms with Gasteiger partial charge < -0.3 is 15.9 Å². The van der Waals surface area contributed by atoms with Crippen molar-refractivity contribution >= 4 is 0 Å². The summed E-state index contributed by atoms with van der Waals surface area (Å²) in [6.45, 7) is 8.88. The van der Waals surface area contributed by atoms with Gasteiger partial charge in [-0.3, -0.25) is 0 Å². The van der Waals surface area contributed by atoms with Crippen LogP contribution in [0.1, 0.15) is 58.8 Å². The van der Waals surface area contributed by atoms with Crippen molar-refractivity contribution in [2.24, 2.45) is 46.2 Å². The molecule has 4 aliphatic rings. The minimum Gasteiger partial charge on any atom is -0.390 e. The van der Waals surface area contributed by atoms with E-state index < -0.39 is 12.2 Å². The van der Waals surface area contributed by atoms with Crippen LogP contribution in [0.4, 0.5) is 0 Å². The summed E-state index contributed by atoms with van der Waals surface area (Å²) >= 11 is 0. The first-order valence-corrected chi connectivity index (χ1v) is 10.1. The normalized spacial score (nSPS) is 60.0. The fraction of sp³-hybridized carbons (Fsp3) is 0.905. The number of aliphatic hydroxyl groups excluding tert-OH is 2. The molecule has 136 valence electrons. The smallest absolute Gasteiger partial charge is 0.0836 e. The first-order chi connectivity index (χ1) is 11.3. The highest BCUT2D eigenvalue weighted by Crippen LogP contribution is 2.67. The molecule has 0 spiro atoms. The fourth-order valence-corrected chi connectivity index (χ4v) is 7.72. The van der Waals surface area contributed by atoms with Crippen molar-refractivity contribution in [1.29, 1.82) is 0 Å². The van der Waals surface area contributed by atoms with E-state index in [1.165, 1.54) is 25.7 Å². The summed E-state index contributed by atoms with van der Waals surface area (Å²) in [7, 11) is 0. The number of rotatable bonds is 1. The second-order valence-electron chi connectivity index (χ2n) is 9.88. The van der Waals surface area contributed by atoms with Crippen LogP contribution in [0.2, 0.25) is 0 Å². The van der Waals surface area contributed by atoms with E-state index in [0.29, 0.717) is 17.8 Å². The van der Waals surface area contributed by atoms with Crippen LogP contribution in [0.25, 0.3) is 0 Å². The molecule has 3 nitrogen and oxygen atoms in total. The van der Waals surface area contributed by atoms with Crippen molar-refractivity contribution in [2.75, 3.05) is 0 Å². The maximum Gasteiger partial charge on any atom is 0.0836 e. The molecule has 10 unspecified atom stereocenters. The van der Waals surface area contributed by atoms with E-state index in [1.807, 2.05) is 0 Å². The van der Waals surface area contributed by atoms with E-state index >= 15 is 0 Å². The van der Waals surface area contributed by atoms with E-state index in [9.17, 15) is 10.2 Å². The molecule has 0 radical (unpaired) electrons. The molecule has 0 aromatic rings. The molecule has 4 aliphatic carbocycles. The minimum atomic E-state index is -0.604. The molecule has 3 heteroatoms. The highest BCUT2D eigenvalue weighted by molar-refractivity contribution is 5.15. The molecular weight excluding hydrogens is 298 g/mol. The predicted octanol–water partition coefficient (Wildman–Crippen LogP) is 3.10. The van der Waals surface area contributed by atoms with Crippen LogP contribution in [-0.4, -0.2) is 28.5 Å². The summed E-state index contributed by atoms with van der Waals surface area (Å²) in [4.78, 5) is 0. The van der Waals surface area contributed by atoms with E-state index in [-0.39, 0.29) is 28.7 Å². The van der Waals surface area contributed by atoms with Gasteiger partial charge in [-0.15, -0.1) is 6.58 Å². The summed E-state index contributed by atoms with van der Waals surface area (Å²) in [6, 6.07) is 0.187. The highest BCUT2D eigenvalue weighted by atomic mass is 16.3. The van der Waals surface area contributed by atoms with Gasteiger partial charge in [0.05, 0.1) is 12.2 Å². The number of hydrogen-bond donors (Lipinski definition) is 3. The van der Waals surface area contributed by atoms with Crippen LogP contribution in [0.5, 0.6) is 0 Å². The number of allylic oxidation sites excluding steroid dienone is 1. The first-order valence-electron chi connectivity index (χ1n) is 10.1. The molecule has 0 aliphatic heterocycles. The van der Waals surface area contributed by atoms with Crippen molar-refractivity contribution in [3.05, 3.63) is 12.7 Å². The molecule has 4 saturated carbocycles. The zero-order valence-corrected chi connectivity index (χ0v) is 15.3. The third-order valence-electron chi connectivity index (χ3n) is 9.15. The molecule has 0 amide bonds. The Balaban J connectivity index is 1.71. The fourth-order valence-electron chi connectivity index (χ4n) is 7.72. The van der Waals surface area contributed by atoms with Gasteiger partial charge in [0.15, 0.2) is 0 Å². The second kappa shape index (κ2) is 5.56. The average molecular weight is 334 g/mol. The molecule has 24 heavy (non-hydrogen) atoms. The molecule has 0 saturated heterocycles. The molecule has 0 bridgehead atoms. The lowest BCUT2D eigenvalue weighted by Gasteiger charge is -2.63. The van der Waals surface area contributed by atoms with E-state index in [2.05, 4.69) is 26.5 Å². The lowest BCUT2D eigenvalue weighted by Crippen LogP contribution is -2.64. The maximum atomic E-state index is 11.1. The van der Waals surface area contributed by atoms with Crippen LogP contribution in [-0.2, 0) is 0 Å². The van der Waals surface area contributed by atoms with Gasteiger partial charge in [-0.2, -0.15) is 0 Å². The van der Waals surface area contributed by atoms with Crippen LogP contribution >= 0.6 is 0 Å². The van der Waals surface area contributed by atoms with Crippen LogP contribution in [0.3, 0.4) is 0 Å². The van der Waals surface area contributed by atoms with Crippen molar-refractivity contribution in [3.63, 3.8) is 0 Å². The Kier molecular flexibility index (Phi) is 3.95. The third kappa shape index (κ3) is 2.07. The lowest BCUT2D eigenvalue weighted by atomic mass is 9.43. The SMILES string of the molecule is C=CC1CCC2C3C(O)C(O)C4CC(N)CCC4(C)C3CCC12C. The Morgan fingerprint density at radius 3 is 2.29 bits per heavy atom. The summed E-state index contributed by atoms with van der Waals surface area (Å²) in [5.41, 5.74) is 6.62. The van der Waals surface area contributed by atoms with Gasteiger partial charge in [0.2, 0.25) is 0 Å². The zero-order chi connectivity index (χ0) is 17.3. The Bertz CT molecular complexity index is 522. The van der Waals surface area contributed by atoms with E-state index in [4.69, 9.17) is 5.73 Å². The number of hydrogen-bond acceptors (Lipinski definition) is 3. The predicted molar refractivity (Wildman–Crippen MR) is 96.2 cm³/mol. The van der Waals surface area contributed by atoms with E-state index in [1.54, 1.807) is 0 Å². The lowest BCUT2D eigenvalue weighted by molar-refractivity contribution is -0.214. The summed E-state index contributed by atoms with van der Waals surface area (Å²) in [6.07, 6.45) is 8.82. The Labute approximate surface area is 146 Å². The Hall–Kier alpha value is -0.380. The number of nitrogens with two attached hydrogens (primary N) is 1. The summed E-state index contributed by atoms with van der Waals surface area (Å²) < 4.78 is 0. The standard InChI is InChI=1S/C21H35NO2/c1-4-12-5-6-14-17-15(8-10-20(12,14)2)21(3)9-7-13(22)11-16(21)18(23)19(17)24/h4,12-19,23-24H,1,5-11,22H2,2-3H3. The first kappa shape index (κ1) is 17.1. The molecular formula is C21H35NO2. The quantitative estimate of drug-likeness (QED) is 0.646. The van der Waals surface area contributed by atoms with Gasteiger partial charge in [-0.05, 0) is 85.4 Å². The number of aliphatic hydroxyl groups is 2. The third-order valence-corrected chi connectivity index (χ3v) is 9.15. The Morgan fingerprint density at radius 1 is 0.917 bits per heavy atom. The largest absolute Gasteiger partial charge is 0.390 e. The molecule has 0 heterocycles. The topological polar surface area (TPSA) is 66.5 Å². The average Bonchev–Trinajstić information content (AvgIpc) is 2.90. The highest BCUT2D eigenvalue weighted by Gasteiger charge is 2.64. The van der Waals surface area contributed by atoms with Crippen molar-refractivity contribution in [1.82, 2.24) is 0 Å². The zero-order valence-electron chi connectivity index (χ0n) is 15.3. The molecule has 4 rings (SSSR count). The molecule has 4 fully saturated rings. The van der Waals surface area contributed by atoms with Gasteiger partial charge in [-0.1, -0.05) is 19.9 Å². The summed E-state index contributed by atoms with van der Waals surface area (Å²) in [5, 5.41) is 22.1. The van der Waals surface area contributed by atoms with Gasteiger partial charge in [0.1, 0.15) is 0 Å². The minimum absolute atomic E-state index is 0.146. The van der Waals surface area contributed by atoms with Crippen molar-refractivity contribution in [3.8, 4) is 0 Å². The van der Waals surface area contributed by atoms with Crippen molar-refractivity contribution < 1.29 is 10.2 Å². The van der Waals surface area contributed by atoms with Crippen LogP contribution in [0, 0.1) is 40.4 Å². The van der Waals surface area contributed by atoms with Gasteiger partial charge in [0.25, 0.3) is 0 Å². The monoisotopic (exact) mass is 333 g/mol. The molecule has 10 atom stereocenters. The molecule has 0 aromatic carbocycles. The summed E-state index contributed by atoms with van der Waals surface area (Å²) in [5.74, 6) is 2.04. The second-order valence-corrected chi connectivity index (χ2v) is 9.88. The Morgan fingerprint density at radius 2 is 1.58 bits per heavy atom. The van der Waals surface area contributed by atoms with Gasteiger partial charge in [0, 0.05) is 6.04 Å². The molecule has 4 N–H and O–H groups in total. The number of fused-ring (bicyclic) bond motifs is 5. The van der Waals surface area contributed by atoms with Gasteiger partial charge >= 0.3 is 0 Å². The molecule has 0 aromatic heterocycles. The van der Waals surface area contributed by atoms with Crippen molar-refractivity contribution in [2.45, 2.75) is 77.0 Å². The van der Waals surface area contributed by atoms with E-state index in [0.717, 1.165) is 19.3 Å². The van der Waals surface area contributed by atoms with Crippen LogP contribution < -0.4 is 5.73 Å². The van der Waals surface area contributed by atoms with Gasteiger partial charge in [-0.25, -0.2) is 0 Å².